The molecule has 0 amide bonds. The van der Waals surface area contributed by atoms with Gasteiger partial charge in [0, 0.05) is 12.6 Å². The third-order valence-corrected chi connectivity index (χ3v) is 4.80. The molecule has 112 valence electrons. The van der Waals surface area contributed by atoms with E-state index in [2.05, 4.69) is 10.0 Å². The summed E-state index contributed by atoms with van der Waals surface area (Å²) in [6.07, 6.45) is 0. The van der Waals surface area contributed by atoms with Crippen LogP contribution >= 0.6 is 0 Å². The van der Waals surface area contributed by atoms with Crippen molar-refractivity contribution in [1.29, 1.82) is 0 Å². The molecule has 0 saturated carbocycles. The van der Waals surface area contributed by atoms with Crippen molar-refractivity contribution in [1.82, 2.24) is 10.0 Å². The molecule has 0 saturated heterocycles. The van der Waals surface area contributed by atoms with Gasteiger partial charge in [0.25, 0.3) is 0 Å². The van der Waals surface area contributed by atoms with Gasteiger partial charge in [0.1, 0.15) is 0 Å². The van der Waals surface area contributed by atoms with E-state index in [0.29, 0.717) is 6.54 Å². The van der Waals surface area contributed by atoms with Crippen molar-refractivity contribution in [3.05, 3.63) is 65.7 Å². The zero-order chi connectivity index (χ0) is 15.3. The Kier molecular flexibility index (Phi) is 5.12. The first-order chi connectivity index (χ1) is 10.0. The summed E-state index contributed by atoms with van der Waals surface area (Å²) in [6, 6.07) is 16.1. The van der Waals surface area contributed by atoms with Gasteiger partial charge in [0.15, 0.2) is 0 Å². The molecule has 0 radical (unpaired) electrons. The first-order valence-electron chi connectivity index (χ1n) is 6.84. The number of hydrogen-bond acceptors (Lipinski definition) is 3. The van der Waals surface area contributed by atoms with Crippen LogP contribution in [-0.4, -0.2) is 15.5 Å². The Balaban J connectivity index is 2.14. The second-order valence-electron chi connectivity index (χ2n) is 4.93. The van der Waals surface area contributed by atoms with E-state index < -0.39 is 10.0 Å². The predicted octanol–water partition coefficient (Wildman–Crippen LogP) is 2.45. The zero-order valence-electron chi connectivity index (χ0n) is 12.2. The molecule has 0 aliphatic rings. The van der Waals surface area contributed by atoms with Gasteiger partial charge in [-0.05, 0) is 37.2 Å². The Bertz CT molecular complexity index is 667. The molecule has 0 aliphatic heterocycles. The monoisotopic (exact) mass is 304 g/mol. The normalized spacial score (nSPS) is 13.0. The Labute approximate surface area is 126 Å². The van der Waals surface area contributed by atoms with E-state index >= 15 is 0 Å². The van der Waals surface area contributed by atoms with Gasteiger partial charge in [-0.2, -0.15) is 0 Å². The summed E-state index contributed by atoms with van der Waals surface area (Å²) in [5.41, 5.74) is 1.99. The molecular formula is C16H20N2O2S. The second-order valence-corrected chi connectivity index (χ2v) is 6.64. The smallest absolute Gasteiger partial charge is 0.241 e. The highest BCUT2D eigenvalue weighted by Crippen LogP contribution is 2.17. The lowest BCUT2D eigenvalue weighted by molar-refractivity contribution is 0.567. The molecule has 2 rings (SSSR count). The van der Waals surface area contributed by atoms with Crippen LogP contribution in [0.25, 0.3) is 0 Å². The maximum absolute atomic E-state index is 12.4. The first-order valence-corrected chi connectivity index (χ1v) is 8.32. The largest absolute Gasteiger partial charge is 0.316 e. The van der Waals surface area contributed by atoms with Crippen molar-refractivity contribution >= 4 is 10.0 Å². The maximum Gasteiger partial charge on any atom is 0.241 e. The highest BCUT2D eigenvalue weighted by atomic mass is 32.2. The molecule has 0 bridgehead atoms. The number of nitrogens with one attached hydrogen (secondary N) is 2. The minimum atomic E-state index is -3.51. The summed E-state index contributed by atoms with van der Waals surface area (Å²) >= 11 is 0. The molecule has 2 aromatic carbocycles. The van der Waals surface area contributed by atoms with Crippen molar-refractivity contribution in [2.45, 2.75) is 24.4 Å². The van der Waals surface area contributed by atoms with Crippen LogP contribution in [0.2, 0.25) is 0 Å². The average Bonchev–Trinajstić information content (AvgIpc) is 2.48. The standard InChI is InChI=1S/C16H20N2O2S/c1-13(15-6-4-3-5-7-15)18-21(19,20)16-10-8-14(9-11-16)12-17-2/h3-11,13,17-18H,12H2,1-2H3. The van der Waals surface area contributed by atoms with E-state index in [1.54, 1.807) is 12.1 Å². The number of benzene rings is 2. The lowest BCUT2D eigenvalue weighted by atomic mass is 10.1. The SMILES string of the molecule is CNCc1ccc(S(=O)(=O)NC(C)c2ccccc2)cc1. The summed E-state index contributed by atoms with van der Waals surface area (Å²) in [5, 5.41) is 3.03. The lowest BCUT2D eigenvalue weighted by Gasteiger charge is -2.15. The highest BCUT2D eigenvalue weighted by molar-refractivity contribution is 7.89. The van der Waals surface area contributed by atoms with Crippen LogP contribution < -0.4 is 10.0 Å². The zero-order valence-corrected chi connectivity index (χ0v) is 13.0. The van der Waals surface area contributed by atoms with Crippen LogP contribution in [0.15, 0.2) is 59.5 Å². The molecule has 0 aromatic heterocycles. The Morgan fingerprint density at radius 1 is 1.00 bits per heavy atom. The van der Waals surface area contributed by atoms with E-state index in [4.69, 9.17) is 0 Å². The van der Waals surface area contributed by atoms with Gasteiger partial charge in [-0.15, -0.1) is 0 Å². The summed E-state index contributed by atoms with van der Waals surface area (Å²) < 4.78 is 27.4. The van der Waals surface area contributed by atoms with Gasteiger partial charge >= 0.3 is 0 Å². The Hall–Kier alpha value is -1.69. The molecule has 0 aliphatic carbocycles. The molecular weight excluding hydrogens is 284 g/mol. The Morgan fingerprint density at radius 2 is 1.62 bits per heavy atom. The van der Waals surface area contributed by atoms with Crippen molar-refractivity contribution in [3.63, 3.8) is 0 Å². The molecule has 1 unspecified atom stereocenters. The van der Waals surface area contributed by atoms with Crippen LogP contribution in [-0.2, 0) is 16.6 Å². The Morgan fingerprint density at radius 3 is 2.19 bits per heavy atom. The van der Waals surface area contributed by atoms with Gasteiger partial charge < -0.3 is 5.32 Å². The van der Waals surface area contributed by atoms with Gasteiger partial charge in [-0.25, -0.2) is 13.1 Å². The number of rotatable bonds is 6. The number of hydrogen-bond donors (Lipinski definition) is 2. The van der Waals surface area contributed by atoms with Crippen molar-refractivity contribution in [2.75, 3.05) is 7.05 Å². The number of sulfonamides is 1. The van der Waals surface area contributed by atoms with Crippen molar-refractivity contribution in [2.24, 2.45) is 0 Å². The van der Waals surface area contributed by atoms with Crippen molar-refractivity contribution in [3.8, 4) is 0 Å². The van der Waals surface area contributed by atoms with Crippen LogP contribution in [0.4, 0.5) is 0 Å². The van der Waals surface area contributed by atoms with Gasteiger partial charge in [-0.3, -0.25) is 0 Å². The predicted molar refractivity (Wildman–Crippen MR) is 84.4 cm³/mol. The topological polar surface area (TPSA) is 58.2 Å². The summed E-state index contributed by atoms with van der Waals surface area (Å²) in [5.74, 6) is 0. The first kappa shape index (κ1) is 15.7. The van der Waals surface area contributed by atoms with Gasteiger partial charge in [0.2, 0.25) is 10.0 Å². The van der Waals surface area contributed by atoms with E-state index in [1.807, 2.05) is 56.4 Å². The van der Waals surface area contributed by atoms with E-state index in [0.717, 1.165) is 11.1 Å². The molecule has 0 heterocycles. The summed E-state index contributed by atoms with van der Waals surface area (Å²) in [4.78, 5) is 0.283. The minimum absolute atomic E-state index is 0.270. The summed E-state index contributed by atoms with van der Waals surface area (Å²) in [6.45, 7) is 2.55. The fraction of sp³-hybridized carbons (Fsp3) is 0.250. The third kappa shape index (κ3) is 4.14. The van der Waals surface area contributed by atoms with Crippen LogP contribution in [0, 0.1) is 0 Å². The van der Waals surface area contributed by atoms with Crippen LogP contribution in [0.5, 0.6) is 0 Å². The van der Waals surface area contributed by atoms with Crippen LogP contribution in [0.3, 0.4) is 0 Å². The molecule has 0 spiro atoms. The fourth-order valence-electron chi connectivity index (χ4n) is 2.10. The average molecular weight is 304 g/mol. The van der Waals surface area contributed by atoms with E-state index in [9.17, 15) is 8.42 Å². The van der Waals surface area contributed by atoms with Gasteiger partial charge in [-0.1, -0.05) is 42.5 Å². The molecule has 2 aromatic rings. The third-order valence-electron chi connectivity index (χ3n) is 3.25. The molecule has 5 heteroatoms. The van der Waals surface area contributed by atoms with Crippen LogP contribution in [0.1, 0.15) is 24.1 Å². The van der Waals surface area contributed by atoms with Gasteiger partial charge in [0.05, 0.1) is 4.90 Å². The molecule has 0 fully saturated rings. The van der Waals surface area contributed by atoms with E-state index in [-0.39, 0.29) is 10.9 Å². The lowest BCUT2D eigenvalue weighted by Crippen LogP contribution is -2.26. The molecule has 1 atom stereocenters. The quantitative estimate of drug-likeness (QED) is 0.862. The fourth-order valence-corrected chi connectivity index (χ4v) is 3.33. The van der Waals surface area contributed by atoms with Crippen molar-refractivity contribution < 1.29 is 8.42 Å². The summed E-state index contributed by atoms with van der Waals surface area (Å²) in [7, 11) is -1.65. The highest BCUT2D eigenvalue weighted by Gasteiger charge is 2.18. The maximum atomic E-state index is 12.4. The second kappa shape index (κ2) is 6.85. The molecule has 21 heavy (non-hydrogen) atoms. The van der Waals surface area contributed by atoms with E-state index in [1.165, 1.54) is 0 Å². The minimum Gasteiger partial charge on any atom is -0.316 e. The molecule has 2 N–H and O–H groups in total. The molecule has 4 nitrogen and oxygen atoms in total.